The van der Waals surface area contributed by atoms with Crippen LogP contribution in [-0.4, -0.2) is 30.1 Å². The van der Waals surface area contributed by atoms with Gasteiger partial charge < -0.3 is 0 Å². The molecule has 1 rings (SSSR count). The SMILES string of the molecule is C=CC(C)(C)CC1CN1S(=O)(=O)C(C)(C)C. The lowest BCUT2D eigenvalue weighted by Gasteiger charge is -2.23. The highest BCUT2D eigenvalue weighted by Gasteiger charge is 2.49. The van der Waals surface area contributed by atoms with E-state index in [2.05, 4.69) is 20.4 Å². The zero-order chi connectivity index (χ0) is 12.8. The minimum absolute atomic E-state index is 0.00677. The second kappa shape index (κ2) is 3.84. The molecule has 94 valence electrons. The van der Waals surface area contributed by atoms with Crippen LogP contribution in [0.1, 0.15) is 41.0 Å². The molecule has 0 aliphatic carbocycles. The summed E-state index contributed by atoms with van der Waals surface area (Å²) in [7, 11) is -3.13. The summed E-state index contributed by atoms with van der Waals surface area (Å²) in [5.74, 6) is 0. The fourth-order valence-corrected chi connectivity index (χ4v) is 3.20. The smallest absolute Gasteiger partial charge is 0.212 e. The van der Waals surface area contributed by atoms with Crippen molar-refractivity contribution in [2.24, 2.45) is 5.41 Å². The van der Waals surface area contributed by atoms with E-state index in [0.717, 1.165) is 6.42 Å². The van der Waals surface area contributed by atoms with E-state index in [1.54, 1.807) is 25.1 Å². The highest BCUT2D eigenvalue weighted by atomic mass is 32.2. The second-order valence-corrected chi connectivity index (χ2v) is 8.88. The molecule has 4 heteroatoms. The van der Waals surface area contributed by atoms with Gasteiger partial charge in [0.05, 0.1) is 4.75 Å². The molecule has 3 nitrogen and oxygen atoms in total. The molecule has 16 heavy (non-hydrogen) atoms. The van der Waals surface area contributed by atoms with E-state index in [1.807, 2.05) is 6.08 Å². The lowest BCUT2D eigenvalue weighted by molar-refractivity contribution is 0.413. The van der Waals surface area contributed by atoms with Crippen molar-refractivity contribution in [3.05, 3.63) is 12.7 Å². The van der Waals surface area contributed by atoms with Crippen LogP contribution in [0.25, 0.3) is 0 Å². The first-order valence-corrected chi connectivity index (χ1v) is 7.10. The van der Waals surface area contributed by atoms with Crippen molar-refractivity contribution in [3.63, 3.8) is 0 Å². The Labute approximate surface area is 99.6 Å². The second-order valence-electron chi connectivity index (χ2n) is 6.24. The molecule has 2 atom stereocenters. The van der Waals surface area contributed by atoms with Crippen molar-refractivity contribution in [3.8, 4) is 0 Å². The monoisotopic (exact) mass is 245 g/mol. The normalized spacial score (nSPS) is 26.6. The predicted octanol–water partition coefficient (Wildman–Crippen LogP) is 2.40. The number of hydrogen-bond acceptors (Lipinski definition) is 2. The Morgan fingerprint density at radius 2 is 1.81 bits per heavy atom. The first-order chi connectivity index (χ1) is 7.01. The number of rotatable bonds is 4. The first-order valence-electron chi connectivity index (χ1n) is 5.66. The van der Waals surface area contributed by atoms with Crippen LogP contribution in [0.15, 0.2) is 12.7 Å². The standard InChI is InChI=1S/C12H23NO2S/c1-7-12(5,6)8-10-9-13(10)16(14,15)11(2,3)4/h7,10H,1,8-9H2,2-6H3. The number of sulfonamides is 1. The van der Waals surface area contributed by atoms with E-state index in [9.17, 15) is 8.42 Å². The molecule has 0 aromatic heterocycles. The molecule has 0 saturated carbocycles. The Morgan fingerprint density at radius 1 is 1.31 bits per heavy atom. The van der Waals surface area contributed by atoms with Crippen LogP contribution in [0.2, 0.25) is 0 Å². The number of allylic oxidation sites excluding steroid dienone is 1. The van der Waals surface area contributed by atoms with Gasteiger partial charge in [-0.2, -0.15) is 4.31 Å². The summed E-state index contributed by atoms with van der Waals surface area (Å²) in [5.41, 5.74) is 0.00677. The highest BCUT2D eigenvalue weighted by molar-refractivity contribution is 7.90. The van der Waals surface area contributed by atoms with Crippen LogP contribution in [0.3, 0.4) is 0 Å². The zero-order valence-corrected chi connectivity index (χ0v) is 11.8. The Morgan fingerprint density at radius 3 is 2.19 bits per heavy atom. The van der Waals surface area contributed by atoms with Gasteiger partial charge in [-0.3, -0.25) is 0 Å². The summed E-state index contributed by atoms with van der Waals surface area (Å²) < 4.78 is 25.1. The average Bonchev–Trinajstić information content (AvgIpc) is 2.81. The van der Waals surface area contributed by atoms with E-state index in [0.29, 0.717) is 6.54 Å². The molecule has 1 fully saturated rings. The Bertz CT molecular complexity index is 376. The topological polar surface area (TPSA) is 37.1 Å². The summed E-state index contributed by atoms with van der Waals surface area (Å²) >= 11 is 0. The van der Waals surface area contributed by atoms with Crippen LogP contribution in [-0.2, 0) is 10.0 Å². The number of hydrogen-bond donors (Lipinski definition) is 0. The molecule has 0 N–H and O–H groups in total. The Hall–Kier alpha value is -0.350. The number of nitrogens with zero attached hydrogens (tertiary/aromatic N) is 1. The van der Waals surface area contributed by atoms with Gasteiger partial charge in [0.2, 0.25) is 10.0 Å². The van der Waals surface area contributed by atoms with Gasteiger partial charge in [-0.1, -0.05) is 19.9 Å². The van der Waals surface area contributed by atoms with Gasteiger partial charge in [0.1, 0.15) is 0 Å². The fourth-order valence-electron chi connectivity index (χ4n) is 1.66. The minimum Gasteiger partial charge on any atom is -0.212 e. The molecular formula is C12H23NO2S. The molecule has 0 aromatic rings. The minimum atomic E-state index is -3.13. The molecular weight excluding hydrogens is 222 g/mol. The summed E-state index contributed by atoms with van der Waals surface area (Å²) in [6, 6.07) is 0.164. The summed E-state index contributed by atoms with van der Waals surface area (Å²) in [6.45, 7) is 13.9. The van der Waals surface area contributed by atoms with E-state index in [-0.39, 0.29) is 11.5 Å². The maximum Gasteiger partial charge on any atom is 0.219 e. The van der Waals surface area contributed by atoms with Gasteiger partial charge >= 0.3 is 0 Å². The molecule has 0 amide bonds. The fraction of sp³-hybridized carbons (Fsp3) is 0.833. The molecule has 1 heterocycles. The quantitative estimate of drug-likeness (QED) is 0.563. The molecule has 1 aliphatic rings. The average molecular weight is 245 g/mol. The van der Waals surface area contributed by atoms with Crippen molar-refractivity contribution in [2.75, 3.05) is 6.54 Å². The van der Waals surface area contributed by atoms with Crippen molar-refractivity contribution in [1.82, 2.24) is 4.31 Å². The van der Waals surface area contributed by atoms with Gasteiger partial charge in [0, 0.05) is 12.6 Å². The van der Waals surface area contributed by atoms with Crippen molar-refractivity contribution in [2.45, 2.75) is 51.8 Å². The molecule has 0 spiro atoms. The maximum atomic E-state index is 12.1. The van der Waals surface area contributed by atoms with Gasteiger partial charge in [0.25, 0.3) is 0 Å². The van der Waals surface area contributed by atoms with Crippen LogP contribution in [0.4, 0.5) is 0 Å². The van der Waals surface area contributed by atoms with E-state index in [4.69, 9.17) is 0 Å². The van der Waals surface area contributed by atoms with Crippen LogP contribution in [0, 0.1) is 5.41 Å². The third-order valence-electron chi connectivity index (χ3n) is 3.06. The lowest BCUT2D eigenvalue weighted by atomic mass is 9.88. The van der Waals surface area contributed by atoms with Gasteiger partial charge in [-0.25, -0.2) is 8.42 Å². The van der Waals surface area contributed by atoms with E-state index < -0.39 is 14.8 Å². The van der Waals surface area contributed by atoms with Crippen molar-refractivity contribution in [1.29, 1.82) is 0 Å². The molecule has 2 unspecified atom stereocenters. The predicted molar refractivity (Wildman–Crippen MR) is 67.8 cm³/mol. The van der Waals surface area contributed by atoms with Crippen molar-refractivity contribution < 1.29 is 8.42 Å². The summed E-state index contributed by atoms with van der Waals surface area (Å²) in [5, 5.41) is 0. The van der Waals surface area contributed by atoms with Crippen LogP contribution < -0.4 is 0 Å². The molecule has 1 aliphatic heterocycles. The largest absolute Gasteiger partial charge is 0.219 e. The molecule has 0 bridgehead atoms. The van der Waals surface area contributed by atoms with Gasteiger partial charge in [0.15, 0.2) is 0 Å². The highest BCUT2D eigenvalue weighted by Crippen LogP contribution is 2.37. The van der Waals surface area contributed by atoms with Crippen molar-refractivity contribution >= 4 is 10.0 Å². The molecule has 0 aromatic carbocycles. The third-order valence-corrected chi connectivity index (χ3v) is 5.67. The van der Waals surface area contributed by atoms with E-state index >= 15 is 0 Å². The van der Waals surface area contributed by atoms with Gasteiger partial charge in [-0.15, -0.1) is 6.58 Å². The Kier molecular flexibility index (Phi) is 3.29. The lowest BCUT2D eigenvalue weighted by Crippen LogP contribution is -2.34. The summed E-state index contributed by atoms with van der Waals surface area (Å²) in [6.07, 6.45) is 2.75. The third kappa shape index (κ3) is 2.66. The van der Waals surface area contributed by atoms with Crippen LogP contribution >= 0.6 is 0 Å². The molecule has 1 saturated heterocycles. The zero-order valence-electron chi connectivity index (χ0n) is 10.9. The van der Waals surface area contributed by atoms with Gasteiger partial charge in [-0.05, 0) is 32.6 Å². The summed E-state index contributed by atoms with van der Waals surface area (Å²) in [4.78, 5) is 0. The maximum absolute atomic E-state index is 12.1. The molecule has 0 radical (unpaired) electrons. The van der Waals surface area contributed by atoms with E-state index in [1.165, 1.54) is 0 Å². The van der Waals surface area contributed by atoms with Crippen LogP contribution in [0.5, 0.6) is 0 Å². The first kappa shape index (κ1) is 13.7. The Balaban J connectivity index is 2.69.